The summed E-state index contributed by atoms with van der Waals surface area (Å²) in [6.07, 6.45) is 0. The van der Waals surface area contributed by atoms with Gasteiger partial charge >= 0.3 is 0 Å². The van der Waals surface area contributed by atoms with Crippen molar-refractivity contribution in [3.05, 3.63) is 23.9 Å². The third-order valence-electron chi connectivity index (χ3n) is 2.63. The lowest BCUT2D eigenvalue weighted by Crippen LogP contribution is -2.05. The second kappa shape index (κ2) is 4.45. The van der Waals surface area contributed by atoms with Crippen molar-refractivity contribution in [2.45, 2.75) is 25.2 Å². The predicted octanol–water partition coefficient (Wildman–Crippen LogP) is 3.52. The number of aromatic nitrogens is 2. The molecule has 1 heterocycles. The van der Waals surface area contributed by atoms with Crippen LogP contribution in [0, 0.1) is 0 Å². The van der Waals surface area contributed by atoms with Gasteiger partial charge in [-0.05, 0) is 19.9 Å². The summed E-state index contributed by atoms with van der Waals surface area (Å²) in [6, 6.07) is 6.38. The third-order valence-corrected chi connectivity index (χ3v) is 3.16. The Labute approximate surface area is 104 Å². The smallest absolute Gasteiger partial charge is 0.146 e. The van der Waals surface area contributed by atoms with Crippen molar-refractivity contribution in [1.82, 2.24) is 9.78 Å². The Balaban J connectivity index is 2.75. The van der Waals surface area contributed by atoms with Crippen LogP contribution in [-0.4, -0.2) is 16.9 Å². The van der Waals surface area contributed by atoms with Crippen LogP contribution in [0.15, 0.2) is 18.2 Å². The van der Waals surface area contributed by atoms with E-state index in [0.29, 0.717) is 6.04 Å². The summed E-state index contributed by atoms with van der Waals surface area (Å²) < 4.78 is 7.37. The van der Waals surface area contributed by atoms with Gasteiger partial charge in [0.05, 0.1) is 12.8 Å². The molecule has 1 aromatic carbocycles. The molecule has 1 aromatic heterocycles. The van der Waals surface area contributed by atoms with Gasteiger partial charge in [0, 0.05) is 16.8 Å². The Morgan fingerprint density at radius 2 is 2.19 bits per heavy atom. The fourth-order valence-corrected chi connectivity index (χ4v) is 2.43. The first-order valence-electron chi connectivity index (χ1n) is 5.29. The Hall–Kier alpha value is -1.03. The minimum absolute atomic E-state index is 0.352. The number of benzene rings is 1. The second-order valence-electron chi connectivity index (χ2n) is 3.98. The average molecular weight is 283 g/mol. The molecule has 0 N–H and O–H groups in total. The van der Waals surface area contributed by atoms with Gasteiger partial charge in [0.2, 0.25) is 0 Å². The van der Waals surface area contributed by atoms with Crippen LogP contribution >= 0.6 is 15.9 Å². The number of halogens is 1. The summed E-state index contributed by atoms with van der Waals surface area (Å²) in [5.41, 5.74) is 2.14. The maximum absolute atomic E-state index is 5.33. The minimum atomic E-state index is 0.352. The van der Waals surface area contributed by atoms with Gasteiger partial charge in [-0.1, -0.05) is 28.1 Å². The Bertz CT molecular complexity index is 505. The Kier molecular flexibility index (Phi) is 3.19. The van der Waals surface area contributed by atoms with Gasteiger partial charge in [0.1, 0.15) is 11.3 Å². The number of hydrogen-bond donors (Lipinski definition) is 0. The lowest BCUT2D eigenvalue weighted by Gasteiger charge is -2.08. The van der Waals surface area contributed by atoms with Crippen molar-refractivity contribution in [3.63, 3.8) is 0 Å². The summed E-state index contributed by atoms with van der Waals surface area (Å²) >= 11 is 3.52. The van der Waals surface area contributed by atoms with Crippen LogP contribution in [0.3, 0.4) is 0 Å². The standard InChI is InChI=1S/C12H15BrN2O/c1-8(2)15-10(7-13)9-5-4-6-11(16-3)12(9)14-15/h4-6,8H,7H2,1-3H3. The molecule has 86 valence electrons. The summed E-state index contributed by atoms with van der Waals surface area (Å²) in [7, 11) is 1.68. The van der Waals surface area contributed by atoms with E-state index in [-0.39, 0.29) is 0 Å². The SMILES string of the molecule is COc1cccc2c(CBr)n(C(C)C)nc12. The number of alkyl halides is 1. The van der Waals surface area contributed by atoms with Crippen molar-refractivity contribution in [2.75, 3.05) is 7.11 Å². The summed E-state index contributed by atoms with van der Waals surface area (Å²) in [4.78, 5) is 0. The van der Waals surface area contributed by atoms with Crippen LogP contribution in [0.5, 0.6) is 5.75 Å². The predicted molar refractivity (Wildman–Crippen MR) is 69.3 cm³/mol. The van der Waals surface area contributed by atoms with E-state index in [9.17, 15) is 0 Å². The zero-order valence-corrected chi connectivity index (χ0v) is 11.3. The molecule has 16 heavy (non-hydrogen) atoms. The first-order valence-corrected chi connectivity index (χ1v) is 6.41. The van der Waals surface area contributed by atoms with E-state index in [1.165, 1.54) is 5.69 Å². The molecule has 3 nitrogen and oxygen atoms in total. The topological polar surface area (TPSA) is 27.1 Å². The number of methoxy groups -OCH3 is 1. The highest BCUT2D eigenvalue weighted by Crippen LogP contribution is 2.29. The molecule has 0 aliphatic rings. The molecule has 0 saturated heterocycles. The number of nitrogens with zero attached hydrogens (tertiary/aromatic N) is 2. The molecule has 0 radical (unpaired) electrons. The molecule has 0 aliphatic heterocycles. The Morgan fingerprint density at radius 1 is 1.44 bits per heavy atom. The maximum atomic E-state index is 5.33. The van der Waals surface area contributed by atoms with Gasteiger partial charge in [-0.2, -0.15) is 5.10 Å². The van der Waals surface area contributed by atoms with E-state index in [4.69, 9.17) is 4.74 Å². The lowest BCUT2D eigenvalue weighted by molar-refractivity contribution is 0.417. The van der Waals surface area contributed by atoms with Crippen molar-refractivity contribution in [3.8, 4) is 5.75 Å². The molecule has 0 unspecified atom stereocenters. The van der Waals surface area contributed by atoms with Crippen molar-refractivity contribution in [1.29, 1.82) is 0 Å². The minimum Gasteiger partial charge on any atom is -0.494 e. The van der Waals surface area contributed by atoms with Gasteiger partial charge in [0.15, 0.2) is 0 Å². The van der Waals surface area contributed by atoms with Gasteiger partial charge in [-0.15, -0.1) is 0 Å². The molecule has 0 aliphatic carbocycles. The van der Waals surface area contributed by atoms with Crippen LogP contribution in [0.2, 0.25) is 0 Å². The van der Waals surface area contributed by atoms with Gasteiger partial charge in [-0.3, -0.25) is 4.68 Å². The molecule has 2 rings (SSSR count). The van der Waals surface area contributed by atoms with E-state index >= 15 is 0 Å². The summed E-state index contributed by atoms with van der Waals surface area (Å²) in [5, 5.41) is 6.57. The third kappa shape index (κ3) is 1.71. The van der Waals surface area contributed by atoms with Crippen molar-refractivity contribution < 1.29 is 4.74 Å². The number of fused-ring (bicyclic) bond motifs is 1. The number of rotatable bonds is 3. The highest BCUT2D eigenvalue weighted by Gasteiger charge is 2.14. The molecular formula is C12H15BrN2O. The van der Waals surface area contributed by atoms with Crippen LogP contribution in [0.25, 0.3) is 10.9 Å². The van der Waals surface area contributed by atoms with Crippen molar-refractivity contribution >= 4 is 26.8 Å². The maximum Gasteiger partial charge on any atom is 0.146 e. The molecule has 2 aromatic rings. The normalized spacial score (nSPS) is 11.3. The number of hydrogen-bond acceptors (Lipinski definition) is 2. The molecule has 0 spiro atoms. The molecule has 0 bridgehead atoms. The largest absolute Gasteiger partial charge is 0.494 e. The molecule has 0 amide bonds. The quantitative estimate of drug-likeness (QED) is 0.806. The zero-order chi connectivity index (χ0) is 11.7. The summed E-state index contributed by atoms with van der Waals surface area (Å²) in [5.74, 6) is 0.832. The molecule has 0 atom stereocenters. The van der Waals surface area contributed by atoms with Crippen LogP contribution in [0.1, 0.15) is 25.6 Å². The monoisotopic (exact) mass is 282 g/mol. The number of ether oxygens (including phenoxy) is 1. The van der Waals surface area contributed by atoms with E-state index in [1.807, 2.05) is 16.8 Å². The first-order chi connectivity index (χ1) is 7.69. The highest BCUT2D eigenvalue weighted by atomic mass is 79.9. The van der Waals surface area contributed by atoms with Gasteiger partial charge in [0.25, 0.3) is 0 Å². The van der Waals surface area contributed by atoms with Crippen molar-refractivity contribution in [2.24, 2.45) is 0 Å². The van der Waals surface area contributed by atoms with E-state index in [0.717, 1.165) is 22.0 Å². The van der Waals surface area contributed by atoms with E-state index < -0.39 is 0 Å². The first kappa shape index (κ1) is 11.5. The van der Waals surface area contributed by atoms with E-state index in [2.05, 4.69) is 40.9 Å². The lowest BCUT2D eigenvalue weighted by atomic mass is 10.2. The van der Waals surface area contributed by atoms with Gasteiger partial charge < -0.3 is 4.74 Å². The Morgan fingerprint density at radius 3 is 2.75 bits per heavy atom. The fraction of sp³-hybridized carbons (Fsp3) is 0.417. The van der Waals surface area contributed by atoms with Crippen LogP contribution in [0.4, 0.5) is 0 Å². The van der Waals surface area contributed by atoms with E-state index in [1.54, 1.807) is 7.11 Å². The zero-order valence-electron chi connectivity index (χ0n) is 9.70. The second-order valence-corrected chi connectivity index (χ2v) is 4.54. The van der Waals surface area contributed by atoms with Gasteiger partial charge in [-0.25, -0.2) is 0 Å². The summed E-state index contributed by atoms with van der Waals surface area (Å²) in [6.45, 7) is 4.26. The highest BCUT2D eigenvalue weighted by molar-refractivity contribution is 9.08. The van der Waals surface area contributed by atoms with Crippen LogP contribution in [-0.2, 0) is 5.33 Å². The average Bonchev–Trinajstić information content (AvgIpc) is 2.67. The molecule has 4 heteroatoms. The fourth-order valence-electron chi connectivity index (χ4n) is 1.87. The molecule has 0 fully saturated rings. The molecule has 0 saturated carbocycles. The molecular weight excluding hydrogens is 268 g/mol. The van der Waals surface area contributed by atoms with Crippen LogP contribution < -0.4 is 4.74 Å².